The third-order valence-electron chi connectivity index (χ3n) is 5.31. The highest BCUT2D eigenvalue weighted by Gasteiger charge is 2.33. The Labute approximate surface area is 154 Å². The number of carbonyl (C=O) groups excluding carboxylic acids is 1. The number of imidazole rings is 1. The highest BCUT2D eigenvalue weighted by atomic mass is 16.5. The molecule has 2 aromatic rings. The van der Waals surface area contributed by atoms with Gasteiger partial charge in [-0.3, -0.25) is 9.48 Å². The highest BCUT2D eigenvalue weighted by Crippen LogP contribution is 2.31. The van der Waals surface area contributed by atoms with Crippen molar-refractivity contribution >= 4 is 5.91 Å². The molecule has 7 nitrogen and oxygen atoms in total. The smallest absolute Gasteiger partial charge is 0.272 e. The Hall–Kier alpha value is -2.15. The second-order valence-corrected chi connectivity index (χ2v) is 7.54. The largest absolute Gasteiger partial charge is 0.380 e. The van der Waals surface area contributed by atoms with Crippen LogP contribution in [0.5, 0.6) is 0 Å². The van der Waals surface area contributed by atoms with E-state index in [4.69, 9.17) is 4.74 Å². The lowest BCUT2D eigenvalue weighted by Gasteiger charge is -2.33. The van der Waals surface area contributed by atoms with Gasteiger partial charge in [0.2, 0.25) is 0 Å². The maximum Gasteiger partial charge on any atom is 0.272 e. The monoisotopic (exact) mass is 357 g/mol. The van der Waals surface area contributed by atoms with Crippen LogP contribution < -0.4 is 0 Å². The second-order valence-electron chi connectivity index (χ2n) is 7.54. The summed E-state index contributed by atoms with van der Waals surface area (Å²) in [5, 5.41) is 4.41. The molecule has 1 fully saturated rings. The van der Waals surface area contributed by atoms with Crippen molar-refractivity contribution in [3.8, 4) is 0 Å². The van der Waals surface area contributed by atoms with Gasteiger partial charge in [-0.25, -0.2) is 4.98 Å². The molecule has 1 atom stereocenters. The molecule has 7 heteroatoms. The Morgan fingerprint density at radius 1 is 1.35 bits per heavy atom. The third-order valence-corrected chi connectivity index (χ3v) is 5.31. The van der Waals surface area contributed by atoms with Crippen LogP contribution in [0.1, 0.15) is 53.3 Å². The number of nitrogens with zero attached hydrogens (tertiary/aromatic N) is 5. The molecule has 0 unspecified atom stereocenters. The third kappa shape index (κ3) is 3.28. The molecule has 0 radical (unpaired) electrons. The van der Waals surface area contributed by atoms with Gasteiger partial charge in [-0.05, 0) is 38.7 Å². The Morgan fingerprint density at radius 2 is 2.15 bits per heavy atom. The first-order valence-electron chi connectivity index (χ1n) is 9.48. The lowest BCUT2D eigenvalue weighted by Crippen LogP contribution is -2.41. The summed E-state index contributed by atoms with van der Waals surface area (Å²) < 4.78 is 9.82. The summed E-state index contributed by atoms with van der Waals surface area (Å²) in [6.07, 6.45) is 4.41. The number of fused-ring (bicyclic) bond motifs is 1. The molecule has 2 aromatic heterocycles. The van der Waals surface area contributed by atoms with Crippen LogP contribution in [0.2, 0.25) is 0 Å². The molecule has 3 heterocycles. The number of rotatable bonds is 6. The molecule has 2 aliphatic rings. The Balaban J connectivity index is 1.54. The molecule has 0 saturated heterocycles. The molecule has 140 valence electrons. The van der Waals surface area contributed by atoms with Gasteiger partial charge in [-0.15, -0.1) is 0 Å². The Morgan fingerprint density at radius 3 is 2.88 bits per heavy atom. The zero-order chi connectivity index (χ0) is 18.3. The molecule has 4 rings (SSSR count). The molecule has 1 saturated carbocycles. The van der Waals surface area contributed by atoms with Crippen molar-refractivity contribution in [1.82, 2.24) is 24.2 Å². The summed E-state index contributed by atoms with van der Waals surface area (Å²) in [6, 6.07) is 1.87. The summed E-state index contributed by atoms with van der Waals surface area (Å²) in [7, 11) is 2.02. The van der Waals surface area contributed by atoms with Gasteiger partial charge >= 0.3 is 0 Å². The molecule has 0 N–H and O–H groups in total. The molecule has 1 aliphatic heterocycles. The number of amides is 1. The first kappa shape index (κ1) is 17.3. The van der Waals surface area contributed by atoms with Crippen LogP contribution in [0.4, 0.5) is 0 Å². The van der Waals surface area contributed by atoms with Crippen molar-refractivity contribution in [2.24, 2.45) is 13.0 Å². The van der Waals surface area contributed by atoms with Crippen LogP contribution in [-0.2, 0) is 24.9 Å². The van der Waals surface area contributed by atoms with E-state index in [1.165, 1.54) is 18.5 Å². The number of hydrogen-bond acceptors (Lipinski definition) is 4. The molecular weight excluding hydrogens is 330 g/mol. The molecule has 1 aliphatic carbocycles. The van der Waals surface area contributed by atoms with Gasteiger partial charge in [0.05, 0.1) is 30.9 Å². The van der Waals surface area contributed by atoms with E-state index in [0.29, 0.717) is 31.9 Å². The number of ether oxygens (including phenoxy) is 1. The van der Waals surface area contributed by atoms with Gasteiger partial charge in [0.15, 0.2) is 0 Å². The number of aromatic nitrogens is 4. The predicted octanol–water partition coefficient (Wildman–Crippen LogP) is 2.11. The van der Waals surface area contributed by atoms with Gasteiger partial charge < -0.3 is 14.2 Å². The molecule has 0 bridgehead atoms. The van der Waals surface area contributed by atoms with E-state index in [-0.39, 0.29) is 11.8 Å². The van der Waals surface area contributed by atoms with Crippen LogP contribution in [0.15, 0.2) is 12.4 Å². The number of hydrogen-bond donors (Lipinski definition) is 0. The number of carbonyl (C=O) groups is 1. The molecule has 26 heavy (non-hydrogen) atoms. The normalized spacial score (nSPS) is 19.7. The SMILES string of the molecule is CCn1nc(C)cc1C(=O)N1Cc2ncn(C)c2[C@H](COCC2CC2)C1. The van der Waals surface area contributed by atoms with Crippen molar-refractivity contribution in [1.29, 1.82) is 0 Å². The second kappa shape index (κ2) is 6.87. The zero-order valence-corrected chi connectivity index (χ0v) is 15.8. The van der Waals surface area contributed by atoms with Crippen molar-refractivity contribution in [3.05, 3.63) is 35.2 Å². The molecule has 0 aromatic carbocycles. The van der Waals surface area contributed by atoms with E-state index in [9.17, 15) is 4.79 Å². The average molecular weight is 357 g/mol. The minimum absolute atomic E-state index is 0.0240. The standard InChI is InChI=1S/C19H27N5O2/c1-4-24-17(7-13(2)21-24)19(25)23-8-15(11-26-10-14-5-6-14)18-16(9-23)20-12-22(18)3/h7,12,14-15H,4-6,8-11H2,1-3H3/t15-/m0/s1. The van der Waals surface area contributed by atoms with E-state index in [2.05, 4.69) is 14.6 Å². The quantitative estimate of drug-likeness (QED) is 0.794. The minimum atomic E-state index is 0.0240. The van der Waals surface area contributed by atoms with Gasteiger partial charge in [-0.2, -0.15) is 5.10 Å². The molecule has 0 spiro atoms. The highest BCUT2D eigenvalue weighted by molar-refractivity contribution is 5.92. The van der Waals surface area contributed by atoms with Crippen molar-refractivity contribution in [2.75, 3.05) is 19.8 Å². The maximum absolute atomic E-state index is 13.1. The van der Waals surface area contributed by atoms with Crippen LogP contribution in [0.25, 0.3) is 0 Å². The van der Waals surface area contributed by atoms with Crippen molar-refractivity contribution in [3.63, 3.8) is 0 Å². The lowest BCUT2D eigenvalue weighted by molar-refractivity contribution is 0.0608. The van der Waals surface area contributed by atoms with Crippen molar-refractivity contribution < 1.29 is 9.53 Å². The fraction of sp³-hybridized carbons (Fsp3) is 0.632. The Bertz CT molecular complexity index is 805. The Kier molecular flexibility index (Phi) is 4.56. The maximum atomic E-state index is 13.1. The van der Waals surface area contributed by atoms with Crippen LogP contribution in [0, 0.1) is 12.8 Å². The van der Waals surface area contributed by atoms with E-state index in [1.54, 1.807) is 4.68 Å². The topological polar surface area (TPSA) is 65.2 Å². The van der Waals surface area contributed by atoms with Crippen molar-refractivity contribution in [2.45, 2.75) is 45.7 Å². The minimum Gasteiger partial charge on any atom is -0.380 e. The molecular formula is C19H27N5O2. The van der Waals surface area contributed by atoms with Gasteiger partial charge in [-0.1, -0.05) is 0 Å². The summed E-state index contributed by atoms with van der Waals surface area (Å²) >= 11 is 0. The van der Waals surface area contributed by atoms with E-state index < -0.39 is 0 Å². The first-order valence-corrected chi connectivity index (χ1v) is 9.48. The van der Waals surface area contributed by atoms with E-state index in [0.717, 1.165) is 23.9 Å². The first-order chi connectivity index (χ1) is 12.6. The summed E-state index contributed by atoms with van der Waals surface area (Å²) in [5.74, 6) is 0.924. The molecule has 1 amide bonds. The average Bonchev–Trinajstić information content (AvgIpc) is 3.27. The van der Waals surface area contributed by atoms with Crippen LogP contribution in [-0.4, -0.2) is 49.9 Å². The lowest BCUT2D eigenvalue weighted by atomic mass is 9.98. The summed E-state index contributed by atoms with van der Waals surface area (Å²) in [6.45, 7) is 7.28. The fourth-order valence-corrected chi connectivity index (χ4v) is 3.80. The van der Waals surface area contributed by atoms with Gasteiger partial charge in [0, 0.05) is 38.4 Å². The summed E-state index contributed by atoms with van der Waals surface area (Å²) in [4.78, 5) is 19.6. The predicted molar refractivity (Wildman–Crippen MR) is 96.9 cm³/mol. The number of aryl methyl sites for hydroxylation is 3. The van der Waals surface area contributed by atoms with E-state index >= 15 is 0 Å². The van der Waals surface area contributed by atoms with E-state index in [1.807, 2.05) is 38.2 Å². The van der Waals surface area contributed by atoms with Crippen LogP contribution >= 0.6 is 0 Å². The summed E-state index contributed by atoms with van der Waals surface area (Å²) in [5.41, 5.74) is 3.70. The van der Waals surface area contributed by atoms with Crippen LogP contribution in [0.3, 0.4) is 0 Å². The van der Waals surface area contributed by atoms with Gasteiger partial charge in [0.25, 0.3) is 5.91 Å². The zero-order valence-electron chi connectivity index (χ0n) is 15.8. The fourth-order valence-electron chi connectivity index (χ4n) is 3.80. The van der Waals surface area contributed by atoms with Gasteiger partial charge in [0.1, 0.15) is 5.69 Å².